The summed E-state index contributed by atoms with van der Waals surface area (Å²) < 4.78 is 10.4. The maximum atomic E-state index is 12.6. The number of amides is 1. The quantitative estimate of drug-likeness (QED) is 0.295. The van der Waals surface area contributed by atoms with Crippen LogP contribution in [0.15, 0.2) is 66.0 Å². The predicted octanol–water partition coefficient (Wildman–Crippen LogP) is 4.33. The number of nitrogens with zero attached hydrogens (tertiary/aromatic N) is 1. The van der Waals surface area contributed by atoms with Gasteiger partial charge in [-0.1, -0.05) is 18.2 Å². The first kappa shape index (κ1) is 23.1. The van der Waals surface area contributed by atoms with Gasteiger partial charge in [-0.3, -0.25) is 14.5 Å². The molecule has 1 saturated carbocycles. The van der Waals surface area contributed by atoms with Crippen molar-refractivity contribution in [3.8, 4) is 5.75 Å². The highest BCUT2D eigenvalue weighted by molar-refractivity contribution is 5.91. The molecular formula is C27H32N2O4. The van der Waals surface area contributed by atoms with Crippen molar-refractivity contribution >= 4 is 18.0 Å². The third-order valence-electron chi connectivity index (χ3n) is 6.98. The average molecular weight is 449 g/mol. The van der Waals surface area contributed by atoms with Crippen molar-refractivity contribution in [1.82, 2.24) is 10.2 Å². The Labute approximate surface area is 195 Å². The molecule has 33 heavy (non-hydrogen) atoms. The minimum atomic E-state index is -0.319. The zero-order valence-electron chi connectivity index (χ0n) is 19.2. The first-order valence-corrected chi connectivity index (χ1v) is 11.6. The standard InChI is InChI=1S/C27H32N2O4/c1-3-13-29-14-12-27(22-5-4-6-25(16-22)33-20(2)30)17-24(9-8-23(27)18-29)28-26(31)10-7-21-11-15-32-19-21/h3-7,10-11,15-16,19,23-24H,1,8-9,12-14,17-18H2,2H3,(H,28,31)/t23-,24+,27+/m1/s1. The molecule has 2 heterocycles. The number of hydrogen-bond acceptors (Lipinski definition) is 5. The molecule has 0 bridgehead atoms. The zero-order chi connectivity index (χ0) is 23.3. The lowest BCUT2D eigenvalue weighted by Gasteiger charge is -2.53. The molecule has 1 N–H and O–H groups in total. The minimum Gasteiger partial charge on any atom is -0.472 e. The molecule has 1 amide bonds. The van der Waals surface area contributed by atoms with Gasteiger partial charge in [0, 0.05) is 43.1 Å². The zero-order valence-corrected chi connectivity index (χ0v) is 19.2. The molecule has 0 spiro atoms. The van der Waals surface area contributed by atoms with Crippen LogP contribution in [0.25, 0.3) is 6.08 Å². The van der Waals surface area contributed by atoms with Crippen molar-refractivity contribution in [2.45, 2.75) is 44.1 Å². The fraction of sp³-hybridized carbons (Fsp3) is 0.407. The molecule has 3 atom stereocenters. The molecule has 1 saturated heterocycles. The second-order valence-electron chi connectivity index (χ2n) is 9.15. The first-order chi connectivity index (χ1) is 16.0. The molecule has 1 aromatic carbocycles. The fourth-order valence-corrected chi connectivity index (χ4v) is 5.52. The maximum Gasteiger partial charge on any atom is 0.308 e. The van der Waals surface area contributed by atoms with E-state index in [0.717, 1.165) is 50.9 Å². The van der Waals surface area contributed by atoms with Crippen LogP contribution in [0.2, 0.25) is 0 Å². The number of ether oxygens (including phenoxy) is 1. The second kappa shape index (κ2) is 10.2. The Morgan fingerprint density at radius 3 is 2.97 bits per heavy atom. The van der Waals surface area contributed by atoms with E-state index in [9.17, 15) is 9.59 Å². The Hall–Kier alpha value is -3.12. The smallest absolute Gasteiger partial charge is 0.308 e. The third-order valence-corrected chi connectivity index (χ3v) is 6.98. The van der Waals surface area contributed by atoms with E-state index in [1.165, 1.54) is 12.5 Å². The van der Waals surface area contributed by atoms with Crippen LogP contribution < -0.4 is 10.1 Å². The lowest BCUT2D eigenvalue weighted by molar-refractivity contribution is -0.131. The van der Waals surface area contributed by atoms with Crippen LogP contribution in [0.1, 0.15) is 43.7 Å². The van der Waals surface area contributed by atoms with Crippen LogP contribution in [0.5, 0.6) is 5.75 Å². The molecule has 1 aliphatic heterocycles. The van der Waals surface area contributed by atoms with E-state index in [2.05, 4.69) is 22.9 Å². The number of rotatable bonds is 7. The van der Waals surface area contributed by atoms with Gasteiger partial charge in [0.25, 0.3) is 0 Å². The number of carbonyl (C=O) groups excluding carboxylic acids is 2. The molecule has 0 unspecified atom stereocenters. The SMILES string of the molecule is C=CCN1CC[C@@]2(c3cccc(OC(C)=O)c3)C[C@@H](NC(=O)C=Cc3ccoc3)CC[C@@H]2C1. The number of nitrogens with one attached hydrogen (secondary N) is 1. The van der Waals surface area contributed by atoms with Crippen molar-refractivity contribution in [3.05, 3.63) is 72.7 Å². The maximum absolute atomic E-state index is 12.6. The summed E-state index contributed by atoms with van der Waals surface area (Å²) in [5.74, 6) is 0.636. The largest absolute Gasteiger partial charge is 0.472 e. The Morgan fingerprint density at radius 1 is 1.33 bits per heavy atom. The Kier molecular flexibility index (Phi) is 7.14. The summed E-state index contributed by atoms with van der Waals surface area (Å²) >= 11 is 0. The van der Waals surface area contributed by atoms with Gasteiger partial charge < -0.3 is 14.5 Å². The van der Waals surface area contributed by atoms with E-state index in [-0.39, 0.29) is 23.3 Å². The molecule has 174 valence electrons. The number of fused-ring (bicyclic) bond motifs is 1. The summed E-state index contributed by atoms with van der Waals surface area (Å²) in [5.41, 5.74) is 1.98. The van der Waals surface area contributed by atoms with Gasteiger partial charge in [-0.05, 0) is 68.0 Å². The monoisotopic (exact) mass is 448 g/mol. The Balaban J connectivity index is 1.55. The van der Waals surface area contributed by atoms with E-state index in [4.69, 9.17) is 9.15 Å². The van der Waals surface area contributed by atoms with Crippen LogP contribution in [0, 0.1) is 5.92 Å². The molecule has 2 aliphatic rings. The van der Waals surface area contributed by atoms with Gasteiger partial charge in [-0.25, -0.2) is 0 Å². The van der Waals surface area contributed by atoms with Crippen LogP contribution in [0.3, 0.4) is 0 Å². The van der Waals surface area contributed by atoms with Gasteiger partial charge in [0.1, 0.15) is 5.75 Å². The number of piperidine rings is 1. The number of esters is 1. The van der Waals surface area contributed by atoms with Crippen LogP contribution in [0.4, 0.5) is 0 Å². The molecule has 6 heteroatoms. The van der Waals surface area contributed by atoms with E-state index >= 15 is 0 Å². The Morgan fingerprint density at radius 2 is 2.21 bits per heavy atom. The van der Waals surface area contributed by atoms with Gasteiger partial charge >= 0.3 is 5.97 Å². The van der Waals surface area contributed by atoms with Crippen LogP contribution in [-0.2, 0) is 15.0 Å². The number of furan rings is 1. The molecule has 2 fully saturated rings. The summed E-state index contributed by atoms with van der Waals surface area (Å²) in [6, 6.07) is 9.85. The topological polar surface area (TPSA) is 71.8 Å². The summed E-state index contributed by atoms with van der Waals surface area (Å²) in [7, 11) is 0. The van der Waals surface area contributed by atoms with Crippen LogP contribution >= 0.6 is 0 Å². The lowest BCUT2D eigenvalue weighted by atomic mass is 9.58. The van der Waals surface area contributed by atoms with Gasteiger partial charge in [0.15, 0.2) is 0 Å². The second-order valence-corrected chi connectivity index (χ2v) is 9.15. The highest BCUT2D eigenvalue weighted by Crippen LogP contribution is 2.49. The van der Waals surface area contributed by atoms with Gasteiger partial charge in [0.2, 0.25) is 5.91 Å². The first-order valence-electron chi connectivity index (χ1n) is 11.6. The van der Waals surface area contributed by atoms with Gasteiger partial charge in [-0.15, -0.1) is 6.58 Å². The number of likely N-dealkylation sites (tertiary alicyclic amines) is 1. The Bertz CT molecular complexity index is 1010. The summed E-state index contributed by atoms with van der Waals surface area (Å²) in [6.45, 7) is 8.19. The lowest BCUT2D eigenvalue weighted by Crippen LogP contribution is -2.56. The van der Waals surface area contributed by atoms with Crippen molar-refractivity contribution in [1.29, 1.82) is 0 Å². The summed E-state index contributed by atoms with van der Waals surface area (Å²) in [4.78, 5) is 26.6. The van der Waals surface area contributed by atoms with E-state index in [0.29, 0.717) is 11.7 Å². The fourth-order valence-electron chi connectivity index (χ4n) is 5.52. The van der Waals surface area contributed by atoms with Crippen molar-refractivity contribution in [2.24, 2.45) is 5.92 Å². The van der Waals surface area contributed by atoms with Gasteiger partial charge in [0.05, 0.1) is 12.5 Å². The third kappa shape index (κ3) is 5.45. The minimum absolute atomic E-state index is 0.0711. The highest BCUT2D eigenvalue weighted by Gasteiger charge is 2.48. The van der Waals surface area contributed by atoms with Crippen molar-refractivity contribution in [2.75, 3.05) is 19.6 Å². The number of benzene rings is 1. The molecule has 4 rings (SSSR count). The van der Waals surface area contributed by atoms with Gasteiger partial charge in [-0.2, -0.15) is 0 Å². The van der Waals surface area contributed by atoms with Crippen molar-refractivity contribution in [3.63, 3.8) is 0 Å². The molecule has 2 aromatic rings. The molecule has 0 radical (unpaired) electrons. The predicted molar refractivity (Wildman–Crippen MR) is 128 cm³/mol. The van der Waals surface area contributed by atoms with E-state index in [1.54, 1.807) is 24.7 Å². The number of carbonyl (C=O) groups is 2. The molecule has 6 nitrogen and oxygen atoms in total. The normalized spacial score (nSPS) is 25.4. The van der Waals surface area contributed by atoms with E-state index in [1.807, 2.05) is 30.3 Å². The molecule has 1 aliphatic carbocycles. The number of hydrogen-bond donors (Lipinski definition) is 1. The average Bonchev–Trinajstić information content (AvgIpc) is 3.31. The highest BCUT2D eigenvalue weighted by atomic mass is 16.5. The summed E-state index contributed by atoms with van der Waals surface area (Å²) in [5, 5.41) is 3.22. The summed E-state index contributed by atoms with van der Waals surface area (Å²) in [6.07, 6.45) is 12.3. The molecule has 1 aromatic heterocycles. The van der Waals surface area contributed by atoms with Crippen LogP contribution in [-0.4, -0.2) is 42.5 Å². The van der Waals surface area contributed by atoms with Crippen molar-refractivity contribution < 1.29 is 18.7 Å². The van der Waals surface area contributed by atoms with E-state index < -0.39 is 0 Å². The molecular weight excluding hydrogens is 416 g/mol.